The van der Waals surface area contributed by atoms with E-state index >= 15 is 0 Å². The van der Waals surface area contributed by atoms with Gasteiger partial charge in [0.25, 0.3) is 5.91 Å². The summed E-state index contributed by atoms with van der Waals surface area (Å²) >= 11 is 3.01. The third-order valence-corrected chi connectivity index (χ3v) is 3.08. The van der Waals surface area contributed by atoms with Crippen molar-refractivity contribution in [2.75, 3.05) is 6.54 Å². The standard InChI is InChI=1S/C13H16BrFN2O2/c1-3-6-16-12(18)8(2)17-13(19)9-4-5-11(15)10(14)7-9/h4-5,7-8H,3,6H2,1-2H3,(H,16,18)(H,17,19). The molecule has 1 rings (SSSR count). The topological polar surface area (TPSA) is 58.2 Å². The van der Waals surface area contributed by atoms with Crippen molar-refractivity contribution >= 4 is 27.7 Å². The zero-order valence-corrected chi connectivity index (χ0v) is 12.4. The summed E-state index contributed by atoms with van der Waals surface area (Å²) in [5.74, 6) is -1.10. The molecular weight excluding hydrogens is 315 g/mol. The second-order valence-corrected chi connectivity index (χ2v) is 4.97. The summed E-state index contributed by atoms with van der Waals surface area (Å²) in [7, 11) is 0. The number of halogens is 2. The molecule has 0 aliphatic rings. The molecule has 0 aromatic heterocycles. The Hall–Kier alpha value is -1.43. The van der Waals surface area contributed by atoms with Crippen molar-refractivity contribution in [3.05, 3.63) is 34.1 Å². The third kappa shape index (κ3) is 4.63. The van der Waals surface area contributed by atoms with Crippen molar-refractivity contribution in [3.63, 3.8) is 0 Å². The van der Waals surface area contributed by atoms with Crippen molar-refractivity contribution in [1.82, 2.24) is 10.6 Å². The van der Waals surface area contributed by atoms with Crippen molar-refractivity contribution in [3.8, 4) is 0 Å². The minimum atomic E-state index is -0.636. The maximum atomic E-state index is 13.0. The lowest BCUT2D eigenvalue weighted by Crippen LogP contribution is -2.45. The highest BCUT2D eigenvalue weighted by molar-refractivity contribution is 9.10. The fourth-order valence-corrected chi connectivity index (χ4v) is 1.76. The van der Waals surface area contributed by atoms with E-state index < -0.39 is 17.8 Å². The van der Waals surface area contributed by atoms with E-state index in [9.17, 15) is 14.0 Å². The van der Waals surface area contributed by atoms with Gasteiger partial charge in [-0.3, -0.25) is 9.59 Å². The maximum Gasteiger partial charge on any atom is 0.251 e. The minimum absolute atomic E-state index is 0.211. The van der Waals surface area contributed by atoms with Gasteiger partial charge in [0, 0.05) is 12.1 Å². The molecule has 4 nitrogen and oxygen atoms in total. The van der Waals surface area contributed by atoms with Crippen LogP contribution in [0.15, 0.2) is 22.7 Å². The van der Waals surface area contributed by atoms with E-state index in [1.54, 1.807) is 6.92 Å². The van der Waals surface area contributed by atoms with Gasteiger partial charge in [-0.1, -0.05) is 6.92 Å². The molecule has 0 fully saturated rings. The Morgan fingerprint density at radius 2 is 2.11 bits per heavy atom. The number of rotatable bonds is 5. The number of hydrogen-bond acceptors (Lipinski definition) is 2. The van der Waals surface area contributed by atoms with Crippen molar-refractivity contribution < 1.29 is 14.0 Å². The average molecular weight is 331 g/mol. The summed E-state index contributed by atoms with van der Waals surface area (Å²) in [4.78, 5) is 23.5. The molecule has 0 saturated carbocycles. The lowest BCUT2D eigenvalue weighted by molar-refractivity contribution is -0.122. The molecule has 0 aliphatic carbocycles. The number of carbonyl (C=O) groups is 2. The molecule has 6 heteroatoms. The van der Waals surface area contributed by atoms with Crippen molar-refractivity contribution in [2.45, 2.75) is 26.3 Å². The molecule has 2 amide bonds. The second-order valence-electron chi connectivity index (χ2n) is 4.12. The molecule has 1 unspecified atom stereocenters. The summed E-state index contributed by atoms with van der Waals surface area (Å²) in [5, 5.41) is 5.24. The van der Waals surface area contributed by atoms with Gasteiger partial charge in [0.05, 0.1) is 4.47 Å². The molecule has 0 radical (unpaired) electrons. The summed E-state index contributed by atoms with van der Waals surface area (Å²) < 4.78 is 13.3. The summed E-state index contributed by atoms with van der Waals surface area (Å²) in [5.41, 5.74) is 0.295. The smallest absolute Gasteiger partial charge is 0.251 e. The molecule has 0 spiro atoms. The van der Waals surface area contributed by atoms with Crippen LogP contribution < -0.4 is 10.6 Å². The normalized spacial score (nSPS) is 11.8. The van der Waals surface area contributed by atoms with Gasteiger partial charge >= 0.3 is 0 Å². The monoisotopic (exact) mass is 330 g/mol. The highest BCUT2D eigenvalue weighted by Gasteiger charge is 2.16. The van der Waals surface area contributed by atoms with Gasteiger partial charge < -0.3 is 10.6 Å². The first-order valence-corrected chi connectivity index (χ1v) is 6.78. The number of hydrogen-bond donors (Lipinski definition) is 2. The fourth-order valence-electron chi connectivity index (χ4n) is 1.38. The van der Waals surface area contributed by atoms with Crippen LogP contribution in [0.5, 0.6) is 0 Å². The Balaban J connectivity index is 2.63. The second kappa shape index (κ2) is 7.23. The van der Waals surface area contributed by atoms with E-state index in [1.165, 1.54) is 18.2 Å². The van der Waals surface area contributed by atoms with E-state index in [2.05, 4.69) is 26.6 Å². The average Bonchev–Trinajstić information content (AvgIpc) is 2.38. The minimum Gasteiger partial charge on any atom is -0.354 e. The maximum absolute atomic E-state index is 13.0. The first-order chi connectivity index (χ1) is 8.95. The first kappa shape index (κ1) is 15.6. The number of amides is 2. The highest BCUT2D eigenvalue weighted by Crippen LogP contribution is 2.16. The van der Waals surface area contributed by atoms with Crippen LogP contribution >= 0.6 is 15.9 Å². The number of carbonyl (C=O) groups excluding carboxylic acids is 2. The molecule has 1 atom stereocenters. The SMILES string of the molecule is CCCNC(=O)C(C)NC(=O)c1ccc(F)c(Br)c1. The lowest BCUT2D eigenvalue weighted by atomic mass is 10.2. The van der Waals surface area contributed by atoms with Crippen LogP contribution in [0.1, 0.15) is 30.6 Å². The largest absolute Gasteiger partial charge is 0.354 e. The first-order valence-electron chi connectivity index (χ1n) is 5.99. The molecule has 1 aromatic rings. The zero-order chi connectivity index (χ0) is 14.4. The van der Waals surface area contributed by atoms with Gasteiger partial charge in [-0.15, -0.1) is 0 Å². The van der Waals surface area contributed by atoms with Crippen LogP contribution in [-0.4, -0.2) is 24.4 Å². The summed E-state index contributed by atoms with van der Waals surface area (Å²) in [6.07, 6.45) is 0.831. The third-order valence-electron chi connectivity index (χ3n) is 2.47. The molecule has 2 N–H and O–H groups in total. The van der Waals surface area contributed by atoms with E-state index in [0.717, 1.165) is 6.42 Å². The highest BCUT2D eigenvalue weighted by atomic mass is 79.9. The van der Waals surface area contributed by atoms with E-state index in [4.69, 9.17) is 0 Å². The summed E-state index contributed by atoms with van der Waals surface area (Å²) in [6.45, 7) is 4.11. The van der Waals surface area contributed by atoms with Gasteiger partial charge in [0.1, 0.15) is 11.9 Å². The molecule has 0 saturated heterocycles. The Bertz CT molecular complexity index is 480. The van der Waals surface area contributed by atoms with Gasteiger partial charge in [-0.25, -0.2) is 4.39 Å². The van der Waals surface area contributed by atoms with Crippen LogP contribution in [0.25, 0.3) is 0 Å². The van der Waals surface area contributed by atoms with Crippen LogP contribution in [0.4, 0.5) is 4.39 Å². The van der Waals surface area contributed by atoms with E-state index in [0.29, 0.717) is 12.1 Å². The molecule has 0 bridgehead atoms. The van der Waals surface area contributed by atoms with Gasteiger partial charge in [-0.05, 0) is 47.5 Å². The van der Waals surface area contributed by atoms with Crippen LogP contribution in [0.2, 0.25) is 0 Å². The van der Waals surface area contributed by atoms with Crippen molar-refractivity contribution in [2.24, 2.45) is 0 Å². The lowest BCUT2D eigenvalue weighted by Gasteiger charge is -2.14. The molecule has 19 heavy (non-hydrogen) atoms. The predicted molar refractivity (Wildman–Crippen MR) is 74.3 cm³/mol. The van der Waals surface area contributed by atoms with E-state index in [-0.39, 0.29) is 10.4 Å². The Morgan fingerprint density at radius 3 is 2.68 bits per heavy atom. The van der Waals surface area contributed by atoms with Crippen LogP contribution in [0.3, 0.4) is 0 Å². The van der Waals surface area contributed by atoms with Crippen LogP contribution in [-0.2, 0) is 4.79 Å². The fraction of sp³-hybridized carbons (Fsp3) is 0.385. The molecule has 104 valence electrons. The molecular formula is C13H16BrFN2O2. The van der Waals surface area contributed by atoms with Gasteiger partial charge in [0.15, 0.2) is 0 Å². The predicted octanol–water partition coefficient (Wildman–Crippen LogP) is 2.23. The molecule has 1 aromatic carbocycles. The zero-order valence-electron chi connectivity index (χ0n) is 10.8. The quantitative estimate of drug-likeness (QED) is 0.869. The van der Waals surface area contributed by atoms with Gasteiger partial charge in [-0.2, -0.15) is 0 Å². The molecule has 0 heterocycles. The van der Waals surface area contributed by atoms with Gasteiger partial charge in [0.2, 0.25) is 5.91 Å². The number of benzene rings is 1. The summed E-state index contributed by atoms with van der Waals surface area (Å²) in [6, 6.07) is 3.30. The Labute approximate surface area is 119 Å². The van der Waals surface area contributed by atoms with Crippen molar-refractivity contribution in [1.29, 1.82) is 0 Å². The Kier molecular flexibility index (Phi) is 5.95. The number of nitrogens with one attached hydrogen (secondary N) is 2. The Morgan fingerprint density at radius 1 is 1.42 bits per heavy atom. The molecule has 0 aliphatic heterocycles. The van der Waals surface area contributed by atoms with Crippen LogP contribution in [0, 0.1) is 5.82 Å². The van der Waals surface area contributed by atoms with E-state index in [1.807, 2.05) is 6.92 Å².